The number of fused-ring (bicyclic) bond motifs is 2. The van der Waals surface area contributed by atoms with E-state index >= 15 is 0 Å². The van der Waals surface area contributed by atoms with Crippen LogP contribution in [-0.4, -0.2) is 35.7 Å². The number of aryl methyl sites for hydroxylation is 1. The molecule has 2 aromatic heterocycles. The van der Waals surface area contributed by atoms with E-state index in [1.165, 1.54) is 23.2 Å². The number of hydrogen-bond donors (Lipinski definition) is 1. The van der Waals surface area contributed by atoms with Gasteiger partial charge in [0.15, 0.2) is 18.1 Å². The Morgan fingerprint density at radius 3 is 2.74 bits per heavy atom. The van der Waals surface area contributed by atoms with Crippen molar-refractivity contribution in [3.63, 3.8) is 0 Å². The Bertz CT molecular complexity index is 1250. The van der Waals surface area contributed by atoms with Gasteiger partial charge in [-0.1, -0.05) is 29.8 Å². The smallest absolute Gasteiger partial charge is 0.262 e. The summed E-state index contributed by atoms with van der Waals surface area (Å²) in [5, 5.41) is 5.66. The molecule has 156 valence electrons. The second-order valence-electron chi connectivity index (χ2n) is 7.07. The average Bonchev–Trinajstić information content (AvgIpc) is 3.23. The number of benzene rings is 2. The zero-order chi connectivity index (χ0) is 21.2. The minimum Gasteiger partial charge on any atom is -0.486 e. The Labute approximate surface area is 182 Å². The van der Waals surface area contributed by atoms with Crippen molar-refractivity contribution in [2.24, 2.45) is 0 Å². The van der Waals surface area contributed by atoms with Crippen molar-refractivity contribution in [3.05, 3.63) is 59.7 Å². The number of amides is 1. The summed E-state index contributed by atoms with van der Waals surface area (Å²) in [4.78, 5) is 21.9. The van der Waals surface area contributed by atoms with Crippen LogP contribution in [0.1, 0.15) is 5.56 Å². The summed E-state index contributed by atoms with van der Waals surface area (Å²) in [6.45, 7) is 2.88. The molecule has 4 aromatic rings. The molecule has 0 atom stereocenters. The lowest BCUT2D eigenvalue weighted by Crippen LogP contribution is -2.21. The van der Waals surface area contributed by atoms with Gasteiger partial charge in [0.2, 0.25) is 5.88 Å². The normalized spacial score (nSPS) is 12.5. The summed E-state index contributed by atoms with van der Waals surface area (Å²) in [6.07, 6.45) is 1.45. The first kappa shape index (κ1) is 19.3. The molecule has 1 aliphatic rings. The number of hydrogen-bond acceptors (Lipinski definition) is 7. The molecule has 5 rings (SSSR count). The number of nitrogens with one attached hydrogen (secondary N) is 1. The summed E-state index contributed by atoms with van der Waals surface area (Å²) in [5.41, 5.74) is 3.84. The number of anilines is 1. The minimum absolute atomic E-state index is 0.177. The van der Waals surface area contributed by atoms with Crippen LogP contribution in [0, 0.1) is 6.92 Å². The van der Waals surface area contributed by atoms with E-state index in [0.717, 1.165) is 21.3 Å². The van der Waals surface area contributed by atoms with Crippen molar-refractivity contribution in [2.45, 2.75) is 6.92 Å². The van der Waals surface area contributed by atoms with Crippen molar-refractivity contribution in [3.8, 4) is 28.5 Å². The van der Waals surface area contributed by atoms with Gasteiger partial charge in [0.25, 0.3) is 5.91 Å². The molecule has 3 heterocycles. The molecule has 0 radical (unpaired) electrons. The Kier molecular flexibility index (Phi) is 5.13. The van der Waals surface area contributed by atoms with E-state index < -0.39 is 0 Å². The molecule has 0 fully saturated rings. The standard InChI is InChI=1S/C23H19N3O4S/c1-14-2-4-15(5-3-14)17-12-31-23-21(17)22(24-13-25-23)30-11-20(27)26-16-6-7-18-19(10-16)29-9-8-28-18/h2-7,10,12-13H,8-9,11H2,1H3,(H,26,27). The summed E-state index contributed by atoms with van der Waals surface area (Å²) >= 11 is 1.52. The van der Waals surface area contributed by atoms with Crippen LogP contribution in [0.5, 0.6) is 17.4 Å². The van der Waals surface area contributed by atoms with Gasteiger partial charge in [0, 0.05) is 22.7 Å². The number of thiophene rings is 1. The second-order valence-corrected chi connectivity index (χ2v) is 7.93. The maximum Gasteiger partial charge on any atom is 0.262 e. The monoisotopic (exact) mass is 433 g/mol. The lowest BCUT2D eigenvalue weighted by molar-refractivity contribution is -0.118. The van der Waals surface area contributed by atoms with Crippen molar-refractivity contribution >= 4 is 33.1 Å². The van der Waals surface area contributed by atoms with Crippen LogP contribution in [0.4, 0.5) is 5.69 Å². The highest BCUT2D eigenvalue weighted by Crippen LogP contribution is 2.37. The lowest BCUT2D eigenvalue weighted by Gasteiger charge is -2.19. The molecule has 0 saturated carbocycles. The van der Waals surface area contributed by atoms with E-state index in [4.69, 9.17) is 14.2 Å². The third-order valence-corrected chi connectivity index (χ3v) is 5.75. The van der Waals surface area contributed by atoms with Crippen LogP contribution >= 0.6 is 11.3 Å². The molecule has 1 aliphatic heterocycles. The van der Waals surface area contributed by atoms with Crippen molar-refractivity contribution in [1.82, 2.24) is 9.97 Å². The first-order valence-corrected chi connectivity index (χ1v) is 10.7. The highest BCUT2D eigenvalue weighted by atomic mass is 32.1. The summed E-state index contributed by atoms with van der Waals surface area (Å²) in [7, 11) is 0. The fourth-order valence-corrected chi connectivity index (χ4v) is 4.26. The maximum absolute atomic E-state index is 12.5. The van der Waals surface area contributed by atoms with Gasteiger partial charge in [0.1, 0.15) is 24.4 Å². The third kappa shape index (κ3) is 4.02. The molecule has 0 bridgehead atoms. The fraction of sp³-hybridized carbons (Fsp3) is 0.174. The van der Waals surface area contributed by atoms with E-state index in [2.05, 4.69) is 39.6 Å². The molecule has 1 amide bonds. The Balaban J connectivity index is 1.33. The molecule has 8 heteroatoms. The number of aromatic nitrogens is 2. The molecular formula is C23H19N3O4S. The molecule has 1 N–H and O–H groups in total. The number of carbonyl (C=O) groups excluding carboxylic acids is 1. The molecule has 7 nitrogen and oxygen atoms in total. The van der Waals surface area contributed by atoms with Crippen molar-refractivity contribution in [2.75, 3.05) is 25.1 Å². The summed E-state index contributed by atoms with van der Waals surface area (Å²) in [5.74, 6) is 1.38. The van der Waals surface area contributed by atoms with Gasteiger partial charge in [0.05, 0.1) is 5.39 Å². The summed E-state index contributed by atoms with van der Waals surface area (Å²) < 4.78 is 16.9. The third-order valence-electron chi connectivity index (χ3n) is 4.86. The number of ether oxygens (including phenoxy) is 3. The van der Waals surface area contributed by atoms with Crippen LogP contribution in [0.2, 0.25) is 0 Å². The number of rotatable bonds is 5. The molecule has 0 spiro atoms. The van der Waals surface area contributed by atoms with E-state index in [1.807, 2.05) is 12.3 Å². The second kappa shape index (κ2) is 8.23. The van der Waals surface area contributed by atoms with Gasteiger partial charge < -0.3 is 19.5 Å². The molecule has 0 aliphatic carbocycles. The van der Waals surface area contributed by atoms with Crippen LogP contribution in [-0.2, 0) is 4.79 Å². The van der Waals surface area contributed by atoms with E-state index in [-0.39, 0.29) is 12.5 Å². The first-order valence-electron chi connectivity index (χ1n) is 9.79. The minimum atomic E-state index is -0.296. The quantitative estimate of drug-likeness (QED) is 0.501. The molecule has 0 saturated heterocycles. The van der Waals surface area contributed by atoms with Crippen LogP contribution in [0.25, 0.3) is 21.3 Å². The zero-order valence-corrected chi connectivity index (χ0v) is 17.6. The van der Waals surface area contributed by atoms with Crippen molar-refractivity contribution < 1.29 is 19.0 Å². The topological polar surface area (TPSA) is 82.6 Å². The van der Waals surface area contributed by atoms with E-state index in [1.54, 1.807) is 18.2 Å². The Hall–Kier alpha value is -3.65. The van der Waals surface area contributed by atoms with Crippen LogP contribution in [0.15, 0.2) is 54.2 Å². The summed E-state index contributed by atoms with van der Waals surface area (Å²) in [6, 6.07) is 13.5. The fourth-order valence-electron chi connectivity index (χ4n) is 3.35. The van der Waals surface area contributed by atoms with Gasteiger partial charge >= 0.3 is 0 Å². The number of nitrogens with zero attached hydrogens (tertiary/aromatic N) is 2. The predicted molar refractivity (Wildman–Crippen MR) is 119 cm³/mol. The Morgan fingerprint density at radius 2 is 1.90 bits per heavy atom. The van der Waals surface area contributed by atoms with Crippen LogP contribution < -0.4 is 19.5 Å². The van der Waals surface area contributed by atoms with Gasteiger partial charge in [-0.3, -0.25) is 4.79 Å². The first-order chi connectivity index (χ1) is 15.2. The number of carbonyl (C=O) groups is 1. The van der Waals surface area contributed by atoms with E-state index in [9.17, 15) is 4.79 Å². The van der Waals surface area contributed by atoms with E-state index in [0.29, 0.717) is 36.3 Å². The Morgan fingerprint density at radius 1 is 1.10 bits per heavy atom. The van der Waals surface area contributed by atoms with Gasteiger partial charge in [-0.15, -0.1) is 11.3 Å². The van der Waals surface area contributed by atoms with Crippen LogP contribution in [0.3, 0.4) is 0 Å². The molecular weight excluding hydrogens is 414 g/mol. The molecule has 0 unspecified atom stereocenters. The highest BCUT2D eigenvalue weighted by molar-refractivity contribution is 7.17. The molecule has 2 aromatic carbocycles. The average molecular weight is 433 g/mol. The maximum atomic E-state index is 12.5. The van der Waals surface area contributed by atoms with Crippen molar-refractivity contribution in [1.29, 1.82) is 0 Å². The van der Waals surface area contributed by atoms with Gasteiger partial charge in [-0.2, -0.15) is 0 Å². The largest absolute Gasteiger partial charge is 0.486 e. The van der Waals surface area contributed by atoms with Gasteiger partial charge in [-0.05, 0) is 24.6 Å². The lowest BCUT2D eigenvalue weighted by atomic mass is 10.0. The SMILES string of the molecule is Cc1ccc(-c2csc3ncnc(OCC(=O)Nc4ccc5c(c4)OCCO5)c23)cc1. The van der Waals surface area contributed by atoms with Gasteiger partial charge in [-0.25, -0.2) is 9.97 Å². The predicted octanol–water partition coefficient (Wildman–Crippen LogP) is 4.46. The molecule has 31 heavy (non-hydrogen) atoms. The highest BCUT2D eigenvalue weighted by Gasteiger charge is 2.16. The zero-order valence-electron chi connectivity index (χ0n) is 16.8.